The maximum Gasteiger partial charge on any atom is 0.264 e. The van der Waals surface area contributed by atoms with Gasteiger partial charge >= 0.3 is 0 Å². The van der Waals surface area contributed by atoms with Gasteiger partial charge < -0.3 is 14.7 Å². The molecule has 0 saturated carbocycles. The molecule has 320 valence electrons. The molecule has 0 amide bonds. The Labute approximate surface area is 377 Å². The van der Waals surface area contributed by atoms with E-state index in [1.54, 1.807) is 0 Å². The molecule has 0 saturated heterocycles. The Morgan fingerprint density at radius 2 is 0.812 bits per heavy atom. The van der Waals surface area contributed by atoms with Crippen molar-refractivity contribution >= 4 is 28.9 Å². The van der Waals surface area contributed by atoms with Crippen LogP contribution in [0.4, 0.5) is 0 Å². The van der Waals surface area contributed by atoms with Crippen LogP contribution in [0.3, 0.4) is 0 Å². The van der Waals surface area contributed by atoms with Crippen molar-refractivity contribution in [3.05, 3.63) is 241 Å². The quantitative estimate of drug-likeness (QED) is 0.0473. The summed E-state index contributed by atoms with van der Waals surface area (Å²) in [5, 5.41) is 26.4. The minimum absolute atomic E-state index is 0.159. The van der Waals surface area contributed by atoms with E-state index < -0.39 is 7.32 Å². The van der Waals surface area contributed by atoms with E-state index in [9.17, 15) is 10.0 Å². The molecule has 64 heavy (non-hydrogen) atoms. The summed E-state index contributed by atoms with van der Waals surface area (Å²) < 4.78 is 8.38. The van der Waals surface area contributed by atoms with E-state index in [2.05, 4.69) is 133 Å². The van der Waals surface area contributed by atoms with Crippen LogP contribution >= 0.6 is 0 Å². The van der Waals surface area contributed by atoms with E-state index in [1.165, 1.54) is 38.2 Å². The summed E-state index contributed by atoms with van der Waals surface area (Å²) in [7, 11) is -2.23. The molecule has 9 rings (SSSR count). The fourth-order valence-electron chi connectivity index (χ4n) is 8.12. The molecule has 0 atom stereocenters. The highest BCUT2D eigenvalue weighted by Crippen LogP contribution is 2.43. The number of pyridine rings is 2. The molecule has 7 aromatic carbocycles. The Morgan fingerprint density at radius 3 is 1.20 bits per heavy atom. The van der Waals surface area contributed by atoms with Crippen molar-refractivity contribution < 1.29 is 33.8 Å². The lowest BCUT2D eigenvalue weighted by molar-refractivity contribution is -0.882. The second-order valence-electron chi connectivity index (χ2n) is 15.0. The Bertz CT molecular complexity index is 2580. The number of hydrogen-bond acceptors (Lipinski definition) is 5. The lowest BCUT2D eigenvalue weighted by Crippen LogP contribution is -2.48. The van der Waals surface area contributed by atoms with Crippen LogP contribution in [0.1, 0.15) is 43.4 Å². The SMILES string of the molecule is CCO[n+]1ccccc1-c1ccc2ccccc2c1.CCO[n+]1ccccc1-c1ccc2ccccc2c1.[O-]B([O-])OCCCC(c1ccccc1)(c1ccccc1)c1ccccc1. The maximum atomic E-state index is 10.7. The summed E-state index contributed by atoms with van der Waals surface area (Å²) in [5.41, 5.74) is 7.62. The van der Waals surface area contributed by atoms with Crippen LogP contribution in [0, 0.1) is 0 Å². The average Bonchev–Trinajstić information content (AvgIpc) is 3.35. The third-order valence-electron chi connectivity index (χ3n) is 11.0. The standard InChI is InChI=1S/C22H21BO3.2C17H16NO/c24-23(25)26-18-10-17-22(19-11-4-1-5-12-19,20-13-6-2-7-14-20)21-15-8-3-9-16-21;2*1-2-19-18-12-6-5-9-17(18)16-11-10-14-7-3-4-8-15(14)13-16/h1-9,11-16H,10,17-18H2;2*3-13H,2H2,1H3/q-2;2*+1. The smallest absolute Gasteiger partial charge is 0.264 e. The van der Waals surface area contributed by atoms with Crippen LogP contribution in [-0.4, -0.2) is 27.1 Å². The van der Waals surface area contributed by atoms with E-state index in [4.69, 9.17) is 14.3 Å². The first kappa shape index (κ1) is 44.9. The molecular formula is C56H53BN2O5. The van der Waals surface area contributed by atoms with Crippen LogP contribution in [0.15, 0.2) is 225 Å². The molecule has 9 aromatic rings. The van der Waals surface area contributed by atoms with Crippen molar-refractivity contribution in [1.29, 1.82) is 0 Å². The van der Waals surface area contributed by atoms with E-state index in [0.29, 0.717) is 19.6 Å². The second kappa shape index (κ2) is 22.8. The third kappa shape index (κ3) is 11.3. The fraction of sp³-hybridized carbons (Fsp3) is 0.143. The Kier molecular flexibility index (Phi) is 16.0. The van der Waals surface area contributed by atoms with Gasteiger partial charge in [-0.1, -0.05) is 152 Å². The Balaban J connectivity index is 0.000000146. The summed E-state index contributed by atoms with van der Waals surface area (Å²) in [6, 6.07) is 72.9. The van der Waals surface area contributed by atoms with Crippen LogP contribution in [0.25, 0.3) is 44.1 Å². The Hall–Kier alpha value is -7.10. The molecule has 2 heterocycles. The molecule has 0 spiro atoms. The predicted octanol–water partition coefficient (Wildman–Crippen LogP) is 9.01. The molecule has 0 N–H and O–H groups in total. The number of nitrogens with zero attached hydrogens (tertiary/aromatic N) is 2. The highest BCUT2D eigenvalue weighted by atomic mass is 16.7. The topological polar surface area (TPSA) is 81.6 Å². The van der Waals surface area contributed by atoms with Gasteiger partial charge in [0.15, 0.2) is 13.2 Å². The zero-order valence-electron chi connectivity index (χ0n) is 36.4. The second-order valence-corrected chi connectivity index (χ2v) is 15.0. The van der Waals surface area contributed by atoms with E-state index in [0.717, 1.165) is 28.9 Å². The van der Waals surface area contributed by atoms with Crippen LogP contribution in [-0.2, 0) is 10.1 Å². The van der Waals surface area contributed by atoms with Gasteiger partial charge in [0.25, 0.3) is 11.4 Å². The zero-order valence-corrected chi connectivity index (χ0v) is 36.4. The first-order chi connectivity index (χ1) is 31.5. The van der Waals surface area contributed by atoms with Crippen molar-refractivity contribution in [2.24, 2.45) is 0 Å². The van der Waals surface area contributed by atoms with Crippen molar-refractivity contribution in [1.82, 2.24) is 0 Å². The van der Waals surface area contributed by atoms with E-state index >= 15 is 0 Å². The van der Waals surface area contributed by atoms with E-state index in [-0.39, 0.29) is 12.0 Å². The van der Waals surface area contributed by atoms with Crippen molar-refractivity contribution in [2.45, 2.75) is 32.1 Å². The highest BCUT2D eigenvalue weighted by Gasteiger charge is 2.35. The zero-order chi connectivity index (χ0) is 44.4. The van der Waals surface area contributed by atoms with Crippen molar-refractivity contribution in [3.63, 3.8) is 0 Å². The van der Waals surface area contributed by atoms with Crippen molar-refractivity contribution in [3.8, 4) is 22.5 Å². The molecule has 2 aromatic heterocycles. The minimum Gasteiger partial charge on any atom is -0.871 e. The molecule has 8 heteroatoms. The minimum atomic E-state index is -2.23. The van der Waals surface area contributed by atoms with Crippen LogP contribution in [0.2, 0.25) is 0 Å². The predicted molar refractivity (Wildman–Crippen MR) is 254 cm³/mol. The van der Waals surface area contributed by atoms with E-state index in [1.807, 2.05) is 115 Å². The lowest BCUT2D eigenvalue weighted by Gasteiger charge is -2.37. The average molecular weight is 845 g/mol. The highest BCUT2D eigenvalue weighted by molar-refractivity contribution is 6.28. The number of benzene rings is 7. The molecule has 0 aliphatic heterocycles. The largest absolute Gasteiger partial charge is 0.871 e. The van der Waals surface area contributed by atoms with Gasteiger partial charge in [-0.3, -0.25) is 9.68 Å². The van der Waals surface area contributed by atoms with Gasteiger partial charge in [0.1, 0.15) is 0 Å². The molecule has 0 fully saturated rings. The Morgan fingerprint density at radius 1 is 0.438 bits per heavy atom. The van der Waals surface area contributed by atoms with Crippen molar-refractivity contribution in [2.75, 3.05) is 19.8 Å². The molecule has 7 nitrogen and oxygen atoms in total. The monoisotopic (exact) mass is 844 g/mol. The third-order valence-corrected chi connectivity index (χ3v) is 11.0. The first-order valence-corrected chi connectivity index (χ1v) is 21.9. The van der Waals surface area contributed by atoms with Gasteiger partial charge in [-0.25, -0.2) is 0 Å². The van der Waals surface area contributed by atoms with Gasteiger partial charge in [-0.2, -0.15) is 0 Å². The molecule has 0 aliphatic rings. The molecular weight excluding hydrogens is 791 g/mol. The summed E-state index contributed by atoms with van der Waals surface area (Å²) >= 11 is 0. The normalized spacial score (nSPS) is 10.9. The summed E-state index contributed by atoms with van der Waals surface area (Å²) in [6.45, 7) is 5.44. The molecule has 0 unspecified atom stereocenters. The summed E-state index contributed by atoms with van der Waals surface area (Å²) in [4.78, 5) is 11.2. The fourth-order valence-corrected chi connectivity index (χ4v) is 8.12. The number of fused-ring (bicyclic) bond motifs is 2. The van der Waals surface area contributed by atoms with Gasteiger partial charge in [-0.15, -0.1) is 0 Å². The first-order valence-electron chi connectivity index (χ1n) is 21.9. The van der Waals surface area contributed by atoms with Gasteiger partial charge in [-0.05, 0) is 101 Å². The van der Waals surface area contributed by atoms with Gasteiger partial charge in [0, 0.05) is 45.7 Å². The number of hydrogen-bond donors (Lipinski definition) is 0. The van der Waals surface area contributed by atoms with Gasteiger partial charge in [0.2, 0.25) is 12.4 Å². The lowest BCUT2D eigenvalue weighted by atomic mass is 9.67. The maximum absolute atomic E-state index is 10.7. The molecule has 0 bridgehead atoms. The molecule has 0 radical (unpaired) electrons. The number of rotatable bonds is 14. The van der Waals surface area contributed by atoms with Gasteiger partial charge in [0.05, 0.1) is 18.4 Å². The number of aromatic nitrogens is 2. The van der Waals surface area contributed by atoms with Crippen LogP contribution in [0.5, 0.6) is 0 Å². The summed E-state index contributed by atoms with van der Waals surface area (Å²) in [5.74, 6) is 0. The molecule has 0 aliphatic carbocycles. The summed E-state index contributed by atoms with van der Waals surface area (Å²) in [6.07, 6.45) is 5.22. The van der Waals surface area contributed by atoms with Crippen LogP contribution < -0.4 is 29.2 Å².